The van der Waals surface area contributed by atoms with Crippen LogP contribution < -0.4 is 5.30 Å². The fourth-order valence-corrected chi connectivity index (χ4v) is 4.10. The molecule has 0 saturated heterocycles. The lowest BCUT2D eigenvalue weighted by Gasteiger charge is -2.18. The number of hydrogen-bond acceptors (Lipinski definition) is 2. The number of nitrogens with zero attached hydrogens (tertiary/aromatic N) is 1. The largest absolute Gasteiger partial charge is 0.319 e. The quantitative estimate of drug-likeness (QED) is 0.767. The molecule has 96 valence electrons. The van der Waals surface area contributed by atoms with Crippen molar-refractivity contribution in [3.8, 4) is 0 Å². The highest BCUT2D eigenvalue weighted by Crippen LogP contribution is 2.40. The number of aryl methyl sites for hydroxylation is 1. The zero-order valence-corrected chi connectivity index (χ0v) is 12.6. The van der Waals surface area contributed by atoms with E-state index in [0.29, 0.717) is 5.92 Å². The SMILES string of the molecule is Cc1ccc2c(P(C)(C)=O)c(C(C)C)ccc2n1. The van der Waals surface area contributed by atoms with Crippen LogP contribution in [0, 0.1) is 6.92 Å². The predicted molar refractivity (Wildman–Crippen MR) is 79.7 cm³/mol. The van der Waals surface area contributed by atoms with Crippen LogP contribution >= 0.6 is 7.14 Å². The Kier molecular flexibility index (Phi) is 3.33. The average molecular weight is 261 g/mol. The van der Waals surface area contributed by atoms with Crippen LogP contribution in [0.3, 0.4) is 0 Å². The topological polar surface area (TPSA) is 30.0 Å². The third kappa shape index (κ3) is 2.35. The summed E-state index contributed by atoms with van der Waals surface area (Å²) in [5.74, 6) is 0.374. The molecule has 1 aromatic heterocycles. The molecule has 1 heterocycles. The highest BCUT2D eigenvalue weighted by molar-refractivity contribution is 7.70. The monoisotopic (exact) mass is 261 g/mol. The number of fused-ring (bicyclic) bond motifs is 1. The molecule has 0 aliphatic heterocycles. The normalized spacial score (nSPS) is 12.3. The van der Waals surface area contributed by atoms with E-state index in [1.807, 2.05) is 32.4 Å². The Bertz CT molecular complexity index is 640. The minimum absolute atomic E-state index is 0.374. The van der Waals surface area contributed by atoms with Crippen molar-refractivity contribution in [2.45, 2.75) is 26.7 Å². The first-order chi connectivity index (χ1) is 8.30. The summed E-state index contributed by atoms with van der Waals surface area (Å²) >= 11 is 0. The van der Waals surface area contributed by atoms with Crippen molar-refractivity contribution in [2.75, 3.05) is 13.3 Å². The summed E-state index contributed by atoms with van der Waals surface area (Å²) in [5, 5.41) is 2.04. The summed E-state index contributed by atoms with van der Waals surface area (Å²) in [4.78, 5) is 4.53. The molecule has 0 aliphatic rings. The van der Waals surface area contributed by atoms with E-state index in [4.69, 9.17) is 0 Å². The van der Waals surface area contributed by atoms with Crippen molar-refractivity contribution in [3.63, 3.8) is 0 Å². The van der Waals surface area contributed by atoms with Gasteiger partial charge in [0.2, 0.25) is 0 Å². The van der Waals surface area contributed by atoms with Crippen LogP contribution in [-0.4, -0.2) is 18.3 Å². The van der Waals surface area contributed by atoms with Gasteiger partial charge in [-0.1, -0.05) is 26.0 Å². The fraction of sp³-hybridized carbons (Fsp3) is 0.400. The molecular formula is C15H20NOP. The zero-order chi connectivity index (χ0) is 13.5. The molecule has 2 nitrogen and oxygen atoms in total. The van der Waals surface area contributed by atoms with Gasteiger partial charge in [-0.05, 0) is 43.9 Å². The first kappa shape index (κ1) is 13.3. The minimum Gasteiger partial charge on any atom is -0.319 e. The van der Waals surface area contributed by atoms with Gasteiger partial charge in [-0.3, -0.25) is 4.98 Å². The molecule has 0 radical (unpaired) electrons. The molecule has 0 atom stereocenters. The van der Waals surface area contributed by atoms with Gasteiger partial charge < -0.3 is 4.57 Å². The molecular weight excluding hydrogens is 241 g/mol. The molecule has 18 heavy (non-hydrogen) atoms. The summed E-state index contributed by atoms with van der Waals surface area (Å²) in [6.45, 7) is 9.94. The highest BCUT2D eigenvalue weighted by atomic mass is 31.2. The van der Waals surface area contributed by atoms with Crippen LogP contribution in [0.15, 0.2) is 24.3 Å². The van der Waals surface area contributed by atoms with Crippen LogP contribution in [0.25, 0.3) is 10.9 Å². The molecule has 0 N–H and O–H groups in total. The maximum atomic E-state index is 12.6. The number of benzene rings is 1. The zero-order valence-electron chi connectivity index (χ0n) is 11.7. The van der Waals surface area contributed by atoms with Gasteiger partial charge in [0.25, 0.3) is 0 Å². The molecule has 2 aromatic rings. The second-order valence-corrected chi connectivity index (χ2v) is 8.68. The summed E-state index contributed by atoms with van der Waals surface area (Å²) < 4.78 is 12.6. The Hall–Kier alpha value is -1.14. The van der Waals surface area contributed by atoms with Gasteiger partial charge in [0, 0.05) is 16.4 Å². The van der Waals surface area contributed by atoms with Crippen molar-refractivity contribution in [2.24, 2.45) is 0 Å². The van der Waals surface area contributed by atoms with E-state index < -0.39 is 7.14 Å². The third-order valence-electron chi connectivity index (χ3n) is 3.17. The molecule has 0 amide bonds. The molecule has 0 saturated carbocycles. The van der Waals surface area contributed by atoms with Gasteiger partial charge in [-0.2, -0.15) is 0 Å². The third-order valence-corrected chi connectivity index (χ3v) is 4.75. The van der Waals surface area contributed by atoms with Gasteiger partial charge in [-0.25, -0.2) is 0 Å². The van der Waals surface area contributed by atoms with Crippen molar-refractivity contribution in [3.05, 3.63) is 35.5 Å². The number of pyridine rings is 1. The lowest BCUT2D eigenvalue weighted by atomic mass is 10.0. The van der Waals surface area contributed by atoms with Crippen molar-refractivity contribution >= 4 is 23.3 Å². The summed E-state index contributed by atoms with van der Waals surface area (Å²) in [7, 11) is -2.31. The van der Waals surface area contributed by atoms with Crippen molar-refractivity contribution in [1.29, 1.82) is 0 Å². The van der Waals surface area contributed by atoms with Gasteiger partial charge >= 0.3 is 0 Å². The Morgan fingerprint density at radius 1 is 1.11 bits per heavy atom. The first-order valence-corrected chi connectivity index (χ1v) is 8.86. The van der Waals surface area contributed by atoms with E-state index in [1.54, 1.807) is 0 Å². The van der Waals surface area contributed by atoms with E-state index in [0.717, 1.165) is 21.9 Å². The second kappa shape index (κ2) is 4.51. The maximum absolute atomic E-state index is 12.6. The van der Waals surface area contributed by atoms with Crippen LogP contribution in [0.2, 0.25) is 0 Å². The Morgan fingerprint density at radius 3 is 2.33 bits per heavy atom. The van der Waals surface area contributed by atoms with E-state index >= 15 is 0 Å². The number of hydrogen-bond donors (Lipinski definition) is 0. The van der Waals surface area contributed by atoms with Crippen molar-refractivity contribution in [1.82, 2.24) is 4.98 Å². The Balaban J connectivity index is 2.90. The number of aromatic nitrogens is 1. The lowest BCUT2D eigenvalue weighted by molar-refractivity contribution is 0.588. The average Bonchev–Trinajstić information content (AvgIpc) is 2.25. The van der Waals surface area contributed by atoms with Gasteiger partial charge in [0.05, 0.1) is 5.52 Å². The van der Waals surface area contributed by atoms with E-state index in [2.05, 4.69) is 31.0 Å². The smallest absolute Gasteiger partial charge is 0.110 e. The molecule has 0 unspecified atom stereocenters. The summed E-state index contributed by atoms with van der Waals surface area (Å²) in [6, 6.07) is 8.16. The Labute approximate surface area is 109 Å². The standard InChI is InChI=1S/C15H20NOP/c1-10(2)12-8-9-14-13(7-6-11(3)16-14)15(12)18(4,5)17/h6-10H,1-5H3. The molecule has 1 aromatic carbocycles. The minimum atomic E-state index is -2.31. The van der Waals surface area contributed by atoms with Gasteiger partial charge in [0.15, 0.2) is 0 Å². The van der Waals surface area contributed by atoms with Gasteiger partial charge in [0.1, 0.15) is 7.14 Å². The van der Waals surface area contributed by atoms with Crippen LogP contribution in [0.4, 0.5) is 0 Å². The van der Waals surface area contributed by atoms with Crippen LogP contribution in [0.1, 0.15) is 31.0 Å². The summed E-state index contributed by atoms with van der Waals surface area (Å²) in [5.41, 5.74) is 3.12. The van der Waals surface area contributed by atoms with Gasteiger partial charge in [-0.15, -0.1) is 0 Å². The highest BCUT2D eigenvalue weighted by Gasteiger charge is 2.21. The van der Waals surface area contributed by atoms with E-state index in [1.165, 1.54) is 5.56 Å². The molecule has 0 spiro atoms. The van der Waals surface area contributed by atoms with Crippen molar-refractivity contribution < 1.29 is 4.57 Å². The molecule has 0 fully saturated rings. The molecule has 0 bridgehead atoms. The number of rotatable bonds is 2. The van der Waals surface area contributed by atoms with E-state index in [-0.39, 0.29) is 0 Å². The molecule has 3 heteroatoms. The Morgan fingerprint density at radius 2 is 1.78 bits per heavy atom. The van der Waals surface area contributed by atoms with Crippen LogP contribution in [0.5, 0.6) is 0 Å². The lowest BCUT2D eigenvalue weighted by Crippen LogP contribution is -2.13. The molecule has 0 aliphatic carbocycles. The predicted octanol–water partition coefficient (Wildman–Crippen LogP) is 3.91. The second-order valence-electron chi connectivity index (χ2n) is 5.53. The maximum Gasteiger partial charge on any atom is 0.110 e. The summed E-state index contributed by atoms with van der Waals surface area (Å²) in [6.07, 6.45) is 0. The van der Waals surface area contributed by atoms with E-state index in [9.17, 15) is 4.57 Å². The van der Waals surface area contributed by atoms with Crippen LogP contribution in [-0.2, 0) is 4.57 Å². The molecule has 2 rings (SSSR count). The fourth-order valence-electron chi connectivity index (χ4n) is 2.37. The first-order valence-electron chi connectivity index (χ1n) is 6.26.